The summed E-state index contributed by atoms with van der Waals surface area (Å²) in [4.78, 5) is 22.8. The maximum absolute atomic E-state index is 11.6. The van der Waals surface area contributed by atoms with Crippen LogP contribution in [0.5, 0.6) is 0 Å². The van der Waals surface area contributed by atoms with Gasteiger partial charge in [0, 0.05) is 6.42 Å². The highest BCUT2D eigenvalue weighted by Crippen LogP contribution is 2.06. The standard InChI is InChI=1S/C16H20O4/c1-12(2)20-16(19)11-15(18)10-14(17)9-8-13-6-4-3-5-7-13/h3-9,12,14,17H,10-11H2,1-2H3. The lowest BCUT2D eigenvalue weighted by Gasteiger charge is -2.08. The molecule has 1 rings (SSSR count). The van der Waals surface area contributed by atoms with E-state index in [0.717, 1.165) is 5.56 Å². The van der Waals surface area contributed by atoms with Crippen molar-refractivity contribution in [3.63, 3.8) is 0 Å². The first-order valence-corrected chi connectivity index (χ1v) is 6.60. The molecule has 0 fully saturated rings. The van der Waals surface area contributed by atoms with Crippen molar-refractivity contribution in [3.8, 4) is 0 Å². The molecule has 1 aromatic carbocycles. The first-order chi connectivity index (χ1) is 9.47. The molecule has 0 bridgehead atoms. The Morgan fingerprint density at radius 2 is 1.90 bits per heavy atom. The van der Waals surface area contributed by atoms with Gasteiger partial charge in [0.25, 0.3) is 0 Å². The minimum atomic E-state index is -0.894. The van der Waals surface area contributed by atoms with Crippen LogP contribution in [0.3, 0.4) is 0 Å². The summed E-state index contributed by atoms with van der Waals surface area (Å²) in [7, 11) is 0. The Balaban J connectivity index is 2.38. The van der Waals surface area contributed by atoms with Gasteiger partial charge in [-0.3, -0.25) is 9.59 Å². The highest BCUT2D eigenvalue weighted by Gasteiger charge is 2.14. The van der Waals surface area contributed by atoms with Crippen molar-refractivity contribution in [3.05, 3.63) is 42.0 Å². The summed E-state index contributed by atoms with van der Waals surface area (Å²) in [5, 5.41) is 9.72. The zero-order valence-corrected chi connectivity index (χ0v) is 11.8. The van der Waals surface area contributed by atoms with Crippen LogP contribution in [0.4, 0.5) is 0 Å². The number of benzene rings is 1. The molecule has 4 nitrogen and oxygen atoms in total. The van der Waals surface area contributed by atoms with Gasteiger partial charge in [-0.25, -0.2) is 0 Å². The molecule has 108 valence electrons. The van der Waals surface area contributed by atoms with Crippen molar-refractivity contribution in [2.75, 3.05) is 0 Å². The van der Waals surface area contributed by atoms with E-state index < -0.39 is 12.1 Å². The third-order valence-corrected chi connectivity index (χ3v) is 2.46. The minimum absolute atomic E-state index is 0.0868. The number of aliphatic hydroxyl groups is 1. The smallest absolute Gasteiger partial charge is 0.313 e. The number of Topliss-reactive ketones (excluding diaryl/α,β-unsaturated/α-hetero) is 1. The van der Waals surface area contributed by atoms with Crippen LogP contribution in [0.25, 0.3) is 6.08 Å². The number of hydrogen-bond donors (Lipinski definition) is 1. The summed E-state index contributed by atoms with van der Waals surface area (Å²) in [6, 6.07) is 9.46. The van der Waals surface area contributed by atoms with Crippen molar-refractivity contribution < 1.29 is 19.4 Å². The zero-order valence-electron chi connectivity index (χ0n) is 11.8. The van der Waals surface area contributed by atoms with Crippen molar-refractivity contribution in [1.29, 1.82) is 0 Å². The molecule has 4 heteroatoms. The predicted octanol–water partition coefficient (Wildman–Crippen LogP) is 2.36. The van der Waals surface area contributed by atoms with Gasteiger partial charge in [0.1, 0.15) is 12.2 Å². The molecule has 0 amide bonds. The monoisotopic (exact) mass is 276 g/mol. The van der Waals surface area contributed by atoms with Gasteiger partial charge in [-0.15, -0.1) is 0 Å². The molecule has 0 aromatic heterocycles. The van der Waals surface area contributed by atoms with E-state index in [1.807, 2.05) is 30.3 Å². The van der Waals surface area contributed by atoms with Gasteiger partial charge >= 0.3 is 5.97 Å². The third-order valence-electron chi connectivity index (χ3n) is 2.46. The Labute approximate surface area is 119 Å². The molecule has 0 heterocycles. The fourth-order valence-electron chi connectivity index (χ4n) is 1.63. The van der Waals surface area contributed by atoms with Crippen LogP contribution in [-0.2, 0) is 14.3 Å². The number of carbonyl (C=O) groups is 2. The van der Waals surface area contributed by atoms with Gasteiger partial charge in [-0.2, -0.15) is 0 Å². The molecular weight excluding hydrogens is 256 g/mol. The van der Waals surface area contributed by atoms with Crippen LogP contribution in [0.15, 0.2) is 36.4 Å². The highest BCUT2D eigenvalue weighted by atomic mass is 16.5. The molecule has 0 radical (unpaired) electrons. The number of ketones is 1. The molecule has 1 aromatic rings. The van der Waals surface area contributed by atoms with E-state index in [1.165, 1.54) is 0 Å². The molecule has 1 unspecified atom stereocenters. The Hall–Kier alpha value is -1.94. The topological polar surface area (TPSA) is 63.6 Å². The zero-order chi connectivity index (χ0) is 15.0. The van der Waals surface area contributed by atoms with Crippen LogP contribution in [0, 0.1) is 0 Å². The molecule has 0 aliphatic heterocycles. The van der Waals surface area contributed by atoms with Gasteiger partial charge in [0.15, 0.2) is 0 Å². The molecule has 1 N–H and O–H groups in total. The van der Waals surface area contributed by atoms with E-state index in [-0.39, 0.29) is 24.7 Å². The van der Waals surface area contributed by atoms with E-state index in [0.29, 0.717) is 0 Å². The molecular formula is C16H20O4. The van der Waals surface area contributed by atoms with Gasteiger partial charge in [0.2, 0.25) is 0 Å². The van der Waals surface area contributed by atoms with Crippen LogP contribution in [-0.4, -0.2) is 29.1 Å². The Morgan fingerprint density at radius 3 is 2.50 bits per heavy atom. The average molecular weight is 276 g/mol. The maximum atomic E-state index is 11.6. The minimum Gasteiger partial charge on any atom is -0.463 e. The molecule has 0 saturated carbocycles. The Morgan fingerprint density at radius 1 is 1.25 bits per heavy atom. The molecule has 0 aliphatic carbocycles. The number of ether oxygens (including phenoxy) is 1. The Bertz CT molecular complexity index is 463. The van der Waals surface area contributed by atoms with Crippen molar-refractivity contribution in [2.24, 2.45) is 0 Å². The first-order valence-electron chi connectivity index (χ1n) is 6.60. The summed E-state index contributed by atoms with van der Waals surface area (Å²) in [5.41, 5.74) is 0.943. The van der Waals surface area contributed by atoms with Crippen LogP contribution in [0.2, 0.25) is 0 Å². The average Bonchev–Trinajstić information content (AvgIpc) is 2.36. The maximum Gasteiger partial charge on any atom is 0.313 e. The molecule has 0 aliphatic rings. The largest absolute Gasteiger partial charge is 0.463 e. The van der Waals surface area contributed by atoms with Crippen molar-refractivity contribution >= 4 is 17.8 Å². The van der Waals surface area contributed by atoms with Gasteiger partial charge in [-0.05, 0) is 19.4 Å². The van der Waals surface area contributed by atoms with E-state index in [4.69, 9.17) is 4.74 Å². The Kier molecular flexibility index (Phi) is 6.67. The fourth-order valence-corrected chi connectivity index (χ4v) is 1.63. The second-order valence-corrected chi connectivity index (χ2v) is 4.80. The summed E-state index contributed by atoms with van der Waals surface area (Å²) >= 11 is 0. The molecule has 20 heavy (non-hydrogen) atoms. The summed E-state index contributed by atoms with van der Waals surface area (Å²) in [5.74, 6) is -0.884. The van der Waals surface area contributed by atoms with Crippen molar-refractivity contribution in [2.45, 2.75) is 38.9 Å². The van der Waals surface area contributed by atoms with E-state index in [2.05, 4.69) is 0 Å². The third kappa shape index (κ3) is 6.85. The second-order valence-electron chi connectivity index (χ2n) is 4.80. The van der Waals surface area contributed by atoms with Crippen LogP contribution >= 0.6 is 0 Å². The number of rotatable bonds is 7. The summed E-state index contributed by atoms with van der Waals surface area (Å²) < 4.78 is 4.87. The normalized spacial score (nSPS) is 12.6. The molecule has 1 atom stereocenters. The quantitative estimate of drug-likeness (QED) is 0.613. The summed E-state index contributed by atoms with van der Waals surface area (Å²) in [6.45, 7) is 3.44. The lowest BCUT2D eigenvalue weighted by molar-refractivity contribution is -0.149. The van der Waals surface area contributed by atoms with Crippen LogP contribution in [0.1, 0.15) is 32.3 Å². The molecule has 0 spiro atoms. The lowest BCUT2D eigenvalue weighted by atomic mass is 10.1. The lowest BCUT2D eigenvalue weighted by Crippen LogP contribution is -2.18. The van der Waals surface area contributed by atoms with E-state index >= 15 is 0 Å². The van der Waals surface area contributed by atoms with Gasteiger partial charge < -0.3 is 9.84 Å². The van der Waals surface area contributed by atoms with Gasteiger partial charge in [-0.1, -0.05) is 42.5 Å². The SMILES string of the molecule is CC(C)OC(=O)CC(=O)CC(O)C=Cc1ccccc1. The summed E-state index contributed by atoms with van der Waals surface area (Å²) in [6.07, 6.45) is 1.77. The number of hydrogen-bond acceptors (Lipinski definition) is 4. The fraction of sp³-hybridized carbons (Fsp3) is 0.375. The van der Waals surface area contributed by atoms with Crippen molar-refractivity contribution in [1.82, 2.24) is 0 Å². The first kappa shape index (κ1) is 16.1. The predicted molar refractivity (Wildman–Crippen MR) is 77.0 cm³/mol. The number of carbonyl (C=O) groups excluding carboxylic acids is 2. The number of aliphatic hydroxyl groups excluding tert-OH is 1. The molecule has 0 saturated heterocycles. The van der Waals surface area contributed by atoms with E-state index in [9.17, 15) is 14.7 Å². The number of esters is 1. The second kappa shape index (κ2) is 8.27. The van der Waals surface area contributed by atoms with Crippen LogP contribution < -0.4 is 0 Å². The highest BCUT2D eigenvalue weighted by molar-refractivity contribution is 5.95. The van der Waals surface area contributed by atoms with E-state index in [1.54, 1.807) is 26.0 Å². The van der Waals surface area contributed by atoms with Gasteiger partial charge in [0.05, 0.1) is 12.2 Å².